The van der Waals surface area contributed by atoms with Crippen molar-refractivity contribution in [3.8, 4) is 5.75 Å². The molecular weight excluding hydrogens is 331 g/mol. The molecule has 24 heavy (non-hydrogen) atoms. The number of ether oxygens (including phenoxy) is 1. The lowest BCUT2D eigenvalue weighted by molar-refractivity contribution is -0.117. The molecule has 0 bridgehead atoms. The van der Waals surface area contributed by atoms with E-state index in [1.807, 2.05) is 6.92 Å². The largest absolute Gasteiger partial charge is 0.495 e. The van der Waals surface area contributed by atoms with Gasteiger partial charge in [-0.2, -0.15) is 0 Å². The van der Waals surface area contributed by atoms with E-state index in [2.05, 4.69) is 5.32 Å². The smallest absolute Gasteiger partial charge is 0.238 e. The lowest BCUT2D eigenvalue weighted by atomic mass is 10.2. The van der Waals surface area contributed by atoms with Gasteiger partial charge < -0.3 is 10.1 Å². The van der Waals surface area contributed by atoms with Crippen molar-refractivity contribution in [3.63, 3.8) is 0 Å². The second-order valence-electron chi connectivity index (χ2n) is 5.61. The molecule has 0 fully saturated rings. The molecular formula is C18H20ClFN2O2. The topological polar surface area (TPSA) is 41.6 Å². The van der Waals surface area contributed by atoms with Gasteiger partial charge in [-0.25, -0.2) is 4.39 Å². The van der Waals surface area contributed by atoms with Crippen LogP contribution in [-0.2, 0) is 11.3 Å². The summed E-state index contributed by atoms with van der Waals surface area (Å²) in [6.07, 6.45) is 0. The minimum atomic E-state index is -0.278. The molecule has 2 rings (SSSR count). The zero-order valence-electron chi connectivity index (χ0n) is 13.9. The molecule has 4 nitrogen and oxygen atoms in total. The average molecular weight is 351 g/mol. The zero-order chi connectivity index (χ0) is 17.7. The molecule has 0 aliphatic rings. The number of rotatable bonds is 6. The van der Waals surface area contributed by atoms with Crippen LogP contribution in [0.2, 0.25) is 5.02 Å². The van der Waals surface area contributed by atoms with Crippen LogP contribution in [0.1, 0.15) is 11.1 Å². The summed E-state index contributed by atoms with van der Waals surface area (Å²) >= 11 is 6.05. The first-order valence-electron chi connectivity index (χ1n) is 7.46. The summed E-state index contributed by atoms with van der Waals surface area (Å²) in [6.45, 7) is 2.32. The third kappa shape index (κ3) is 4.69. The van der Waals surface area contributed by atoms with E-state index in [9.17, 15) is 9.18 Å². The van der Waals surface area contributed by atoms with Crippen LogP contribution in [0, 0.1) is 12.7 Å². The minimum Gasteiger partial charge on any atom is -0.495 e. The SMILES string of the molecule is COc1cc(Cl)c(C)cc1NC(=O)CN(C)Cc1ccccc1F. The van der Waals surface area contributed by atoms with Crippen molar-refractivity contribution in [3.05, 3.63) is 58.4 Å². The van der Waals surface area contributed by atoms with Crippen molar-refractivity contribution < 1.29 is 13.9 Å². The van der Waals surface area contributed by atoms with Crippen molar-refractivity contribution in [2.75, 3.05) is 26.0 Å². The molecule has 0 saturated heterocycles. The van der Waals surface area contributed by atoms with Crippen LogP contribution in [0.3, 0.4) is 0 Å². The van der Waals surface area contributed by atoms with Gasteiger partial charge in [-0.05, 0) is 31.7 Å². The van der Waals surface area contributed by atoms with Gasteiger partial charge in [-0.1, -0.05) is 29.8 Å². The number of nitrogens with zero attached hydrogens (tertiary/aromatic N) is 1. The highest BCUT2D eigenvalue weighted by molar-refractivity contribution is 6.31. The molecule has 0 aliphatic carbocycles. The summed E-state index contributed by atoms with van der Waals surface area (Å²) < 4.78 is 18.9. The Labute approximate surface area is 146 Å². The van der Waals surface area contributed by atoms with Crippen molar-refractivity contribution >= 4 is 23.2 Å². The predicted molar refractivity (Wildman–Crippen MR) is 94.1 cm³/mol. The molecule has 0 atom stereocenters. The van der Waals surface area contributed by atoms with Crippen LogP contribution in [0.4, 0.5) is 10.1 Å². The molecule has 0 unspecified atom stereocenters. The van der Waals surface area contributed by atoms with E-state index < -0.39 is 0 Å². The summed E-state index contributed by atoms with van der Waals surface area (Å²) in [7, 11) is 3.28. The van der Waals surface area contributed by atoms with Crippen molar-refractivity contribution in [1.29, 1.82) is 0 Å². The molecule has 0 saturated carbocycles. The highest BCUT2D eigenvalue weighted by Crippen LogP contribution is 2.30. The highest BCUT2D eigenvalue weighted by atomic mass is 35.5. The second kappa shape index (κ2) is 8.13. The first-order valence-corrected chi connectivity index (χ1v) is 7.84. The van der Waals surface area contributed by atoms with E-state index in [-0.39, 0.29) is 18.3 Å². The Balaban J connectivity index is 2.00. The van der Waals surface area contributed by atoms with Crippen molar-refractivity contribution in [2.45, 2.75) is 13.5 Å². The maximum absolute atomic E-state index is 13.7. The van der Waals surface area contributed by atoms with Gasteiger partial charge >= 0.3 is 0 Å². The molecule has 2 aromatic carbocycles. The van der Waals surface area contributed by atoms with Crippen molar-refractivity contribution in [1.82, 2.24) is 4.90 Å². The first-order chi connectivity index (χ1) is 11.4. The molecule has 0 heterocycles. The molecule has 1 amide bonds. The highest BCUT2D eigenvalue weighted by Gasteiger charge is 2.13. The average Bonchev–Trinajstić information content (AvgIpc) is 2.52. The number of aryl methyl sites for hydroxylation is 1. The normalized spacial score (nSPS) is 10.8. The number of hydrogen-bond acceptors (Lipinski definition) is 3. The van der Waals surface area contributed by atoms with Gasteiger partial charge in [0.05, 0.1) is 19.3 Å². The summed E-state index contributed by atoms with van der Waals surface area (Å²) in [5.41, 5.74) is 1.95. The minimum absolute atomic E-state index is 0.124. The van der Waals surface area contributed by atoms with Crippen molar-refractivity contribution in [2.24, 2.45) is 0 Å². The van der Waals surface area contributed by atoms with Crippen LogP contribution in [0.15, 0.2) is 36.4 Å². The van der Waals surface area contributed by atoms with Gasteiger partial charge in [0.25, 0.3) is 0 Å². The number of likely N-dealkylation sites (N-methyl/N-ethyl adjacent to an activating group) is 1. The number of hydrogen-bond donors (Lipinski definition) is 1. The van der Waals surface area contributed by atoms with Crippen LogP contribution >= 0.6 is 11.6 Å². The number of methoxy groups -OCH3 is 1. The Kier molecular flexibility index (Phi) is 6.17. The first kappa shape index (κ1) is 18.2. The van der Waals surface area contributed by atoms with E-state index in [0.717, 1.165) is 5.56 Å². The molecule has 2 aromatic rings. The number of carbonyl (C=O) groups excluding carboxylic acids is 1. The maximum Gasteiger partial charge on any atom is 0.238 e. The Bertz CT molecular complexity index is 737. The monoisotopic (exact) mass is 350 g/mol. The van der Waals surface area contributed by atoms with Gasteiger partial charge in [-0.3, -0.25) is 9.69 Å². The molecule has 0 spiro atoms. The number of benzene rings is 2. The number of anilines is 1. The fourth-order valence-electron chi connectivity index (χ4n) is 2.34. The standard InChI is InChI=1S/C18H20ClFN2O2/c1-12-8-16(17(24-3)9-14(12)19)21-18(23)11-22(2)10-13-6-4-5-7-15(13)20/h4-9H,10-11H2,1-3H3,(H,21,23). The molecule has 6 heteroatoms. The molecule has 1 N–H and O–H groups in total. The van der Waals surface area contributed by atoms with Gasteiger partial charge in [0.2, 0.25) is 5.91 Å². The van der Waals surface area contributed by atoms with Gasteiger partial charge in [0.15, 0.2) is 0 Å². The number of amides is 1. The second-order valence-corrected chi connectivity index (χ2v) is 6.02. The van der Waals surface area contributed by atoms with E-state index in [0.29, 0.717) is 28.6 Å². The maximum atomic E-state index is 13.7. The van der Waals surface area contributed by atoms with Gasteiger partial charge in [-0.15, -0.1) is 0 Å². The zero-order valence-corrected chi connectivity index (χ0v) is 14.7. The summed E-state index contributed by atoms with van der Waals surface area (Å²) in [5.74, 6) is 0.00400. The molecule has 0 aromatic heterocycles. The number of carbonyl (C=O) groups is 1. The lowest BCUT2D eigenvalue weighted by Crippen LogP contribution is -2.30. The Morgan fingerprint density at radius 1 is 1.33 bits per heavy atom. The third-order valence-corrected chi connectivity index (χ3v) is 3.97. The predicted octanol–water partition coefficient (Wildman–Crippen LogP) is 3.87. The lowest BCUT2D eigenvalue weighted by Gasteiger charge is -2.18. The summed E-state index contributed by atoms with van der Waals surface area (Å²) in [5, 5.41) is 3.37. The Hall–Kier alpha value is -2.11. The summed E-state index contributed by atoms with van der Waals surface area (Å²) in [4.78, 5) is 14.0. The molecule has 0 radical (unpaired) electrons. The van der Waals surface area contributed by atoms with E-state index in [1.54, 1.807) is 42.3 Å². The fourth-order valence-corrected chi connectivity index (χ4v) is 2.49. The van der Waals surface area contributed by atoms with Crippen LogP contribution in [0.5, 0.6) is 5.75 Å². The van der Waals surface area contributed by atoms with E-state index in [4.69, 9.17) is 16.3 Å². The number of nitrogens with one attached hydrogen (secondary N) is 1. The van der Waals surface area contributed by atoms with Crippen LogP contribution in [-0.4, -0.2) is 31.5 Å². The molecule has 0 aliphatic heterocycles. The molecule has 128 valence electrons. The van der Waals surface area contributed by atoms with Gasteiger partial charge in [0, 0.05) is 23.2 Å². The Morgan fingerprint density at radius 2 is 2.04 bits per heavy atom. The quantitative estimate of drug-likeness (QED) is 0.860. The fraction of sp³-hybridized carbons (Fsp3) is 0.278. The van der Waals surface area contributed by atoms with Crippen LogP contribution in [0.25, 0.3) is 0 Å². The summed E-state index contributed by atoms with van der Waals surface area (Å²) in [6, 6.07) is 9.94. The van der Waals surface area contributed by atoms with Crippen LogP contribution < -0.4 is 10.1 Å². The van der Waals surface area contributed by atoms with E-state index in [1.165, 1.54) is 13.2 Å². The van der Waals surface area contributed by atoms with E-state index >= 15 is 0 Å². The van der Waals surface area contributed by atoms with Gasteiger partial charge in [0.1, 0.15) is 11.6 Å². The Morgan fingerprint density at radius 3 is 2.71 bits per heavy atom. The third-order valence-electron chi connectivity index (χ3n) is 3.57. The number of halogens is 2.